The number of rotatable bonds is 8. The lowest BCUT2D eigenvalue weighted by molar-refractivity contribution is -0.121. The van der Waals surface area contributed by atoms with Crippen LogP contribution in [0.4, 0.5) is 10.5 Å². The van der Waals surface area contributed by atoms with E-state index in [0.29, 0.717) is 43.8 Å². The summed E-state index contributed by atoms with van der Waals surface area (Å²) in [5, 5.41) is 9.97. The average molecular weight is 583 g/mol. The van der Waals surface area contributed by atoms with Gasteiger partial charge < -0.3 is 29.2 Å². The third-order valence-electron chi connectivity index (χ3n) is 7.81. The fourth-order valence-electron chi connectivity index (χ4n) is 5.36. The second kappa shape index (κ2) is 12.9. The van der Waals surface area contributed by atoms with Crippen LogP contribution in [0.1, 0.15) is 24.0 Å². The van der Waals surface area contributed by atoms with Crippen molar-refractivity contribution in [3.8, 4) is 28.4 Å². The molecule has 3 aromatic carbocycles. The lowest BCUT2D eigenvalue weighted by Gasteiger charge is -2.32. The second-order valence-electron chi connectivity index (χ2n) is 10.7. The number of ether oxygens (including phenoxy) is 4. The number of methoxy groups -OCH3 is 1. The summed E-state index contributed by atoms with van der Waals surface area (Å²) in [7, 11) is 1.62. The molecule has 2 aliphatic rings. The Labute approximate surface area is 249 Å². The smallest absolute Gasteiger partial charge is 0.410 e. The van der Waals surface area contributed by atoms with E-state index in [1.807, 2.05) is 72.9 Å². The maximum absolute atomic E-state index is 13.4. The van der Waals surface area contributed by atoms with Crippen molar-refractivity contribution in [1.82, 2.24) is 15.1 Å². The number of piperidine rings is 1. The lowest BCUT2D eigenvalue weighted by Crippen LogP contribution is -2.42. The maximum Gasteiger partial charge on any atom is 0.410 e. The Kier molecular flexibility index (Phi) is 8.44. The predicted octanol–water partition coefficient (Wildman–Crippen LogP) is 5.46. The number of aromatic amines is 1. The Hall–Kier alpha value is -4.99. The van der Waals surface area contributed by atoms with Crippen molar-refractivity contribution >= 4 is 17.7 Å². The molecule has 0 spiro atoms. The highest BCUT2D eigenvalue weighted by atomic mass is 16.6. The van der Waals surface area contributed by atoms with Gasteiger partial charge in [0.25, 0.3) is 0 Å². The van der Waals surface area contributed by atoms with Gasteiger partial charge in [0, 0.05) is 37.7 Å². The van der Waals surface area contributed by atoms with E-state index in [9.17, 15) is 9.59 Å². The molecule has 10 heteroatoms. The van der Waals surface area contributed by atoms with Crippen LogP contribution in [0, 0.1) is 5.92 Å². The molecule has 4 aromatic rings. The molecule has 1 atom stereocenters. The third kappa shape index (κ3) is 6.74. The van der Waals surface area contributed by atoms with E-state index in [1.54, 1.807) is 18.2 Å². The number of nitrogens with one attached hydrogen (secondary N) is 2. The molecule has 2 amide bonds. The molecule has 0 radical (unpaired) electrons. The third-order valence-corrected chi connectivity index (χ3v) is 7.81. The number of anilines is 1. The number of nitrogens with zero attached hydrogens (tertiary/aromatic N) is 2. The van der Waals surface area contributed by atoms with Gasteiger partial charge in [-0.1, -0.05) is 36.4 Å². The summed E-state index contributed by atoms with van der Waals surface area (Å²) in [6.45, 7) is 1.56. The number of amides is 2. The molecule has 43 heavy (non-hydrogen) atoms. The Balaban J connectivity index is 1.11. The van der Waals surface area contributed by atoms with Crippen LogP contribution in [0.2, 0.25) is 0 Å². The van der Waals surface area contributed by atoms with E-state index in [2.05, 4.69) is 15.5 Å². The molecule has 1 aromatic heterocycles. The highest BCUT2D eigenvalue weighted by molar-refractivity contribution is 5.95. The molecule has 10 nitrogen and oxygen atoms in total. The van der Waals surface area contributed by atoms with E-state index >= 15 is 0 Å². The number of hydrogen-bond donors (Lipinski definition) is 2. The van der Waals surface area contributed by atoms with Gasteiger partial charge in [0.15, 0.2) is 0 Å². The number of carbonyl (C=O) groups excluding carboxylic acids is 2. The molecular weight excluding hydrogens is 548 g/mol. The van der Waals surface area contributed by atoms with E-state index in [4.69, 9.17) is 18.9 Å². The summed E-state index contributed by atoms with van der Waals surface area (Å²) < 4.78 is 23.2. The SMILES string of the molecule is COc1ccc2c(c1)C[C@@H](C(=O)Nc1ccc(-c3cn[nH]c3)cc1OC1CCN(C(=O)OCc3ccccc3)CC1)CO2. The zero-order chi connectivity index (χ0) is 29.6. The summed E-state index contributed by atoms with van der Waals surface area (Å²) in [6, 6.07) is 21.0. The fourth-order valence-corrected chi connectivity index (χ4v) is 5.36. The van der Waals surface area contributed by atoms with Crippen LogP contribution in [-0.2, 0) is 22.6 Å². The van der Waals surface area contributed by atoms with Crippen LogP contribution in [-0.4, -0.2) is 60.0 Å². The van der Waals surface area contributed by atoms with Crippen molar-refractivity contribution in [3.63, 3.8) is 0 Å². The Morgan fingerprint density at radius 3 is 2.65 bits per heavy atom. The predicted molar refractivity (Wildman–Crippen MR) is 160 cm³/mol. The highest BCUT2D eigenvalue weighted by Crippen LogP contribution is 2.35. The summed E-state index contributed by atoms with van der Waals surface area (Å²) >= 11 is 0. The minimum atomic E-state index is -0.369. The first-order chi connectivity index (χ1) is 21.1. The average Bonchev–Trinajstić information content (AvgIpc) is 3.60. The van der Waals surface area contributed by atoms with Gasteiger partial charge in [-0.15, -0.1) is 0 Å². The number of H-pyrrole nitrogens is 1. The molecule has 2 aliphatic heterocycles. The standard InChI is InChI=1S/C33H34N4O6/c1-40-28-8-10-30-24(16-28)15-25(21-41-30)32(38)36-29-9-7-23(26-18-34-35-19-26)17-31(29)43-27-11-13-37(14-12-27)33(39)42-20-22-5-3-2-4-6-22/h2-10,16-19,25,27H,11-15,20-21H2,1H3,(H,34,35)(H,36,38)/t25-/m1/s1. The van der Waals surface area contributed by atoms with E-state index in [1.165, 1.54) is 0 Å². The van der Waals surface area contributed by atoms with E-state index < -0.39 is 0 Å². The van der Waals surface area contributed by atoms with Crippen LogP contribution in [0.3, 0.4) is 0 Å². The van der Waals surface area contributed by atoms with Crippen LogP contribution in [0.15, 0.2) is 79.1 Å². The van der Waals surface area contributed by atoms with Crippen molar-refractivity contribution in [2.75, 3.05) is 32.1 Å². The number of aromatic nitrogens is 2. The second-order valence-corrected chi connectivity index (χ2v) is 10.7. The van der Waals surface area contributed by atoms with Gasteiger partial charge in [0.05, 0.1) is 24.9 Å². The largest absolute Gasteiger partial charge is 0.497 e. The molecule has 0 unspecified atom stereocenters. The molecule has 0 bridgehead atoms. The summed E-state index contributed by atoms with van der Waals surface area (Å²) in [5.74, 6) is 1.55. The maximum atomic E-state index is 13.4. The fraction of sp³-hybridized carbons (Fsp3) is 0.303. The van der Waals surface area contributed by atoms with Gasteiger partial charge >= 0.3 is 6.09 Å². The van der Waals surface area contributed by atoms with Crippen molar-refractivity contribution in [2.24, 2.45) is 5.92 Å². The molecule has 1 fully saturated rings. The van der Waals surface area contributed by atoms with Crippen molar-refractivity contribution in [2.45, 2.75) is 32.0 Å². The zero-order valence-corrected chi connectivity index (χ0v) is 24.0. The first-order valence-electron chi connectivity index (χ1n) is 14.4. The number of likely N-dealkylation sites (tertiary alicyclic amines) is 1. The Morgan fingerprint density at radius 1 is 1.05 bits per heavy atom. The zero-order valence-electron chi connectivity index (χ0n) is 24.0. The number of fused-ring (bicyclic) bond motifs is 1. The molecule has 0 aliphatic carbocycles. The molecule has 3 heterocycles. The Bertz CT molecular complexity index is 1550. The number of benzene rings is 3. The monoisotopic (exact) mass is 582 g/mol. The van der Waals surface area contributed by atoms with Gasteiger partial charge in [-0.3, -0.25) is 9.89 Å². The van der Waals surface area contributed by atoms with Crippen molar-refractivity contribution in [1.29, 1.82) is 0 Å². The molecular formula is C33H34N4O6. The first kappa shape index (κ1) is 28.1. The summed E-state index contributed by atoms with van der Waals surface area (Å²) in [6.07, 6.45) is 4.90. The van der Waals surface area contributed by atoms with Crippen LogP contribution < -0.4 is 19.5 Å². The molecule has 2 N–H and O–H groups in total. The number of hydrogen-bond acceptors (Lipinski definition) is 7. The summed E-state index contributed by atoms with van der Waals surface area (Å²) in [4.78, 5) is 27.8. The van der Waals surface area contributed by atoms with Gasteiger partial charge in [0.1, 0.15) is 36.6 Å². The first-order valence-corrected chi connectivity index (χ1v) is 14.4. The van der Waals surface area contributed by atoms with E-state index in [0.717, 1.165) is 33.8 Å². The molecule has 0 saturated carbocycles. The Morgan fingerprint density at radius 2 is 1.88 bits per heavy atom. The lowest BCUT2D eigenvalue weighted by atomic mass is 9.95. The van der Waals surface area contributed by atoms with Crippen molar-refractivity contribution in [3.05, 3.63) is 90.3 Å². The van der Waals surface area contributed by atoms with E-state index in [-0.39, 0.29) is 37.2 Å². The highest BCUT2D eigenvalue weighted by Gasteiger charge is 2.29. The molecule has 222 valence electrons. The van der Waals surface area contributed by atoms with Gasteiger partial charge in [0.2, 0.25) is 5.91 Å². The summed E-state index contributed by atoms with van der Waals surface area (Å²) in [5.41, 5.74) is 4.28. The van der Waals surface area contributed by atoms with Crippen LogP contribution in [0.25, 0.3) is 11.1 Å². The van der Waals surface area contributed by atoms with Crippen molar-refractivity contribution < 1.29 is 28.5 Å². The normalized spacial score (nSPS) is 16.5. The van der Waals surface area contributed by atoms with Gasteiger partial charge in [-0.25, -0.2) is 4.79 Å². The van der Waals surface area contributed by atoms with Gasteiger partial charge in [-0.05, 0) is 53.4 Å². The minimum absolute atomic E-state index is 0.134. The van der Waals surface area contributed by atoms with Crippen LogP contribution >= 0.6 is 0 Å². The van der Waals surface area contributed by atoms with Crippen LogP contribution in [0.5, 0.6) is 17.2 Å². The molecule has 6 rings (SSSR count). The quantitative estimate of drug-likeness (QED) is 0.284. The topological polar surface area (TPSA) is 115 Å². The minimum Gasteiger partial charge on any atom is -0.497 e. The molecule has 1 saturated heterocycles. The number of carbonyl (C=O) groups is 2. The van der Waals surface area contributed by atoms with Gasteiger partial charge in [-0.2, -0.15) is 5.10 Å².